The molecule has 2 aromatic carbocycles. The molecule has 0 radical (unpaired) electrons. The Bertz CT molecular complexity index is 1660. The summed E-state index contributed by atoms with van der Waals surface area (Å²) < 4.78 is 0. The molecule has 0 unspecified atom stereocenters. The second-order valence-corrected chi connectivity index (χ2v) is 13.2. The number of para-hydroxylation sites is 2. The van der Waals surface area contributed by atoms with E-state index in [0.29, 0.717) is 18.4 Å². The minimum Gasteiger partial charge on any atom is -0.347 e. The summed E-state index contributed by atoms with van der Waals surface area (Å²) in [4.78, 5) is 46.3. The molecule has 1 saturated heterocycles. The Morgan fingerprint density at radius 1 is 0.545 bits per heavy atom. The Labute approximate surface area is 260 Å². The highest BCUT2D eigenvalue weighted by atomic mass is 16.2. The molecule has 2 fully saturated rings. The number of amides is 4. The third kappa shape index (κ3) is 4.20. The van der Waals surface area contributed by atoms with Gasteiger partial charge in [-0.15, -0.1) is 0 Å². The van der Waals surface area contributed by atoms with Crippen LogP contribution in [0.5, 0.6) is 0 Å². The van der Waals surface area contributed by atoms with Gasteiger partial charge in [-0.2, -0.15) is 0 Å². The summed E-state index contributed by atoms with van der Waals surface area (Å²) in [6.07, 6.45) is 9.73. The summed E-state index contributed by atoms with van der Waals surface area (Å²) in [6, 6.07) is 16.2. The monoisotopic (exact) mass is 588 g/mol. The minimum atomic E-state index is -0.623. The number of urea groups is 1. The van der Waals surface area contributed by atoms with Gasteiger partial charge in [-0.05, 0) is 65.0 Å². The highest BCUT2D eigenvalue weighted by molar-refractivity contribution is 6.29. The maximum Gasteiger partial charge on any atom is 0.333 e. The van der Waals surface area contributed by atoms with E-state index in [1.54, 1.807) is 0 Å². The molecule has 6 rings (SSSR count). The molecule has 0 N–H and O–H groups in total. The number of benzene rings is 2. The fraction of sp³-hybridized carbons (Fsp3) is 0.324. The molecule has 0 bridgehead atoms. The average molecular weight is 589 g/mol. The van der Waals surface area contributed by atoms with Gasteiger partial charge in [-0.25, -0.2) is 4.79 Å². The molecule has 1 saturated carbocycles. The second kappa shape index (κ2) is 10.2. The number of likely N-dealkylation sites (N-methyl/N-ethyl adjacent to an activating group) is 4. The lowest BCUT2D eigenvalue weighted by molar-refractivity contribution is -0.134. The van der Waals surface area contributed by atoms with Crippen molar-refractivity contribution in [1.82, 2.24) is 9.80 Å². The van der Waals surface area contributed by atoms with Crippen LogP contribution in [0.4, 0.5) is 16.2 Å². The molecule has 4 aliphatic rings. The molecule has 1 aliphatic carbocycles. The number of nitrogens with zero attached hydrogens (tertiary/aromatic N) is 4. The van der Waals surface area contributed by atoms with Crippen LogP contribution in [0.1, 0.15) is 51.7 Å². The van der Waals surface area contributed by atoms with Gasteiger partial charge in [0, 0.05) is 61.8 Å². The van der Waals surface area contributed by atoms with Gasteiger partial charge in [-0.1, -0.05) is 76.2 Å². The summed E-state index contributed by atoms with van der Waals surface area (Å²) >= 11 is 0. The Morgan fingerprint density at radius 3 is 1.32 bits per heavy atom. The van der Waals surface area contributed by atoms with E-state index >= 15 is 0 Å². The van der Waals surface area contributed by atoms with E-state index in [2.05, 4.69) is 112 Å². The molecular weight excluding hydrogens is 548 g/mol. The first-order valence-corrected chi connectivity index (χ1v) is 15.1. The number of anilines is 2. The van der Waals surface area contributed by atoms with Crippen molar-refractivity contribution < 1.29 is 14.4 Å². The van der Waals surface area contributed by atoms with Crippen molar-refractivity contribution in [1.29, 1.82) is 0 Å². The number of carbonyl (C=O) groups excluding carboxylic acids is 3. The van der Waals surface area contributed by atoms with Crippen molar-refractivity contribution in [3.05, 3.63) is 118 Å². The van der Waals surface area contributed by atoms with Crippen LogP contribution in [-0.4, -0.2) is 55.8 Å². The molecule has 3 heterocycles. The van der Waals surface area contributed by atoms with Gasteiger partial charge in [0.2, 0.25) is 0 Å². The normalized spacial score (nSPS) is 24.6. The number of barbiturate groups is 1. The third-order valence-corrected chi connectivity index (χ3v) is 9.93. The van der Waals surface area contributed by atoms with Crippen molar-refractivity contribution in [2.45, 2.75) is 51.4 Å². The highest BCUT2D eigenvalue weighted by Crippen LogP contribution is 2.49. The van der Waals surface area contributed by atoms with E-state index in [-0.39, 0.29) is 16.4 Å². The zero-order valence-electron chi connectivity index (χ0n) is 26.9. The van der Waals surface area contributed by atoms with Crippen molar-refractivity contribution in [3.63, 3.8) is 0 Å². The lowest BCUT2D eigenvalue weighted by Gasteiger charge is -2.30. The molecule has 0 aromatic heterocycles. The molecule has 2 aromatic rings. The number of rotatable bonds is 2. The first-order valence-electron chi connectivity index (χ1n) is 15.1. The number of fused-ring (bicyclic) bond motifs is 2. The maximum atomic E-state index is 13.6. The smallest absolute Gasteiger partial charge is 0.333 e. The molecule has 4 amide bonds. The quantitative estimate of drug-likeness (QED) is 0.292. The van der Waals surface area contributed by atoms with Crippen LogP contribution < -0.4 is 9.80 Å². The van der Waals surface area contributed by atoms with Gasteiger partial charge in [0.1, 0.15) is 5.57 Å². The van der Waals surface area contributed by atoms with Crippen molar-refractivity contribution in [3.8, 4) is 0 Å². The van der Waals surface area contributed by atoms with E-state index in [0.717, 1.165) is 32.3 Å². The van der Waals surface area contributed by atoms with Crippen LogP contribution in [0.2, 0.25) is 0 Å². The lowest BCUT2D eigenvalue weighted by atomic mass is 9.83. The van der Waals surface area contributed by atoms with E-state index in [1.807, 2.05) is 12.1 Å². The number of hydrogen-bond acceptors (Lipinski definition) is 5. The number of imide groups is 2. The molecule has 0 spiro atoms. The summed E-state index contributed by atoms with van der Waals surface area (Å²) in [5, 5.41) is 0. The Kier molecular flexibility index (Phi) is 6.83. The molecule has 3 aliphatic heterocycles. The molecular formula is C37H40N4O3. The van der Waals surface area contributed by atoms with Crippen LogP contribution in [0.15, 0.2) is 107 Å². The highest BCUT2D eigenvalue weighted by Gasteiger charge is 2.43. The fourth-order valence-corrected chi connectivity index (χ4v) is 7.38. The Balaban J connectivity index is 1.49. The van der Waals surface area contributed by atoms with Gasteiger partial charge >= 0.3 is 6.03 Å². The topological polar surface area (TPSA) is 64.2 Å². The van der Waals surface area contributed by atoms with Gasteiger partial charge in [0.25, 0.3) is 11.8 Å². The zero-order chi connectivity index (χ0) is 31.7. The molecule has 0 atom stereocenters. The summed E-state index contributed by atoms with van der Waals surface area (Å²) in [5.74, 6) is -1.13. The van der Waals surface area contributed by atoms with Gasteiger partial charge < -0.3 is 9.80 Å². The molecule has 7 heteroatoms. The zero-order valence-corrected chi connectivity index (χ0v) is 26.9. The number of allylic oxidation sites excluding steroid dienone is 9. The largest absolute Gasteiger partial charge is 0.347 e. The first kappa shape index (κ1) is 29.4. The summed E-state index contributed by atoms with van der Waals surface area (Å²) in [5.41, 5.74) is 9.20. The minimum absolute atomic E-state index is 0.0473. The van der Waals surface area contributed by atoms with Gasteiger partial charge in [0.15, 0.2) is 0 Å². The second-order valence-electron chi connectivity index (χ2n) is 13.2. The van der Waals surface area contributed by atoms with Gasteiger partial charge in [0.05, 0.1) is 0 Å². The Morgan fingerprint density at radius 2 is 0.932 bits per heavy atom. The van der Waals surface area contributed by atoms with Crippen molar-refractivity contribution in [2.24, 2.45) is 0 Å². The van der Waals surface area contributed by atoms with Crippen LogP contribution in [0.3, 0.4) is 0 Å². The third-order valence-electron chi connectivity index (χ3n) is 9.93. The number of carbonyl (C=O) groups is 3. The lowest BCUT2D eigenvalue weighted by Crippen LogP contribution is -2.53. The van der Waals surface area contributed by atoms with E-state index < -0.39 is 17.8 Å². The first-order chi connectivity index (χ1) is 20.8. The average Bonchev–Trinajstić information content (AvgIpc) is 3.55. The van der Waals surface area contributed by atoms with E-state index in [4.69, 9.17) is 0 Å². The van der Waals surface area contributed by atoms with Crippen LogP contribution >= 0.6 is 0 Å². The standard InChI is InChI=1S/C37H40N4O3/c1-36(2)25-13-9-11-15-27(25)38(5)29(36)21-19-23-17-18-24(31(23)32-33(42)40(7)35(44)41(8)34(32)43)20-22-30-37(3,4)26-14-10-12-16-28(26)39(30)6/h9-16,19-22H,17-18H2,1-8H3/b23-19+,24-20?,29-21-,30-22?. The van der Waals surface area contributed by atoms with Crippen LogP contribution in [-0.2, 0) is 20.4 Å². The summed E-state index contributed by atoms with van der Waals surface area (Å²) in [6.45, 7) is 8.86. The predicted octanol–water partition coefficient (Wildman–Crippen LogP) is 6.60. The Hall–Kier alpha value is -4.65. The number of hydrogen-bond donors (Lipinski definition) is 0. The van der Waals surface area contributed by atoms with Crippen molar-refractivity contribution >= 4 is 29.2 Å². The SMILES string of the molecule is CN1C(=O)C(=C2C(=CC=C3N(C)c4ccccc4C3(C)C)CC/C2=C\C=C2/N(C)c3ccccc3C2(C)C)C(=O)N(C)C1=O. The predicted molar refractivity (Wildman–Crippen MR) is 175 cm³/mol. The fourth-order valence-electron chi connectivity index (χ4n) is 7.38. The van der Waals surface area contributed by atoms with E-state index in [1.165, 1.54) is 36.6 Å². The van der Waals surface area contributed by atoms with Crippen LogP contribution in [0, 0.1) is 0 Å². The molecule has 226 valence electrons. The van der Waals surface area contributed by atoms with Gasteiger partial charge in [-0.3, -0.25) is 19.4 Å². The molecule has 44 heavy (non-hydrogen) atoms. The molecule has 7 nitrogen and oxygen atoms in total. The summed E-state index contributed by atoms with van der Waals surface area (Å²) in [7, 11) is 7.01. The van der Waals surface area contributed by atoms with Crippen LogP contribution in [0.25, 0.3) is 0 Å². The van der Waals surface area contributed by atoms with E-state index in [9.17, 15) is 14.4 Å². The van der Waals surface area contributed by atoms with Crippen molar-refractivity contribution in [2.75, 3.05) is 38.0 Å². The maximum absolute atomic E-state index is 13.6.